The lowest BCUT2D eigenvalue weighted by atomic mass is 9.95. The van der Waals surface area contributed by atoms with Gasteiger partial charge >= 0.3 is 6.18 Å². The predicted molar refractivity (Wildman–Crippen MR) is 94.3 cm³/mol. The molecule has 10 heteroatoms. The van der Waals surface area contributed by atoms with Crippen molar-refractivity contribution in [3.8, 4) is 0 Å². The van der Waals surface area contributed by atoms with Gasteiger partial charge in [-0.15, -0.1) is 0 Å². The fourth-order valence-electron chi connectivity index (χ4n) is 3.12. The van der Waals surface area contributed by atoms with Crippen LogP contribution in [0.4, 0.5) is 24.5 Å². The van der Waals surface area contributed by atoms with E-state index in [1.807, 2.05) is 0 Å². The van der Waals surface area contributed by atoms with Gasteiger partial charge in [0.25, 0.3) is 5.69 Å². The molecule has 1 aromatic carbocycles. The van der Waals surface area contributed by atoms with Gasteiger partial charge in [0.1, 0.15) is 5.69 Å². The van der Waals surface area contributed by atoms with Crippen LogP contribution in [0, 0.1) is 16.0 Å². The normalized spacial score (nSPS) is 15.6. The largest absolute Gasteiger partial charge is 0.416 e. The number of amides is 1. The number of halogens is 3. The molecule has 150 valence electrons. The van der Waals surface area contributed by atoms with Crippen molar-refractivity contribution in [3.63, 3.8) is 0 Å². The van der Waals surface area contributed by atoms with Gasteiger partial charge in [0.15, 0.2) is 0 Å². The van der Waals surface area contributed by atoms with E-state index in [2.05, 4.69) is 5.32 Å². The molecule has 0 saturated carbocycles. The third kappa shape index (κ3) is 5.56. The van der Waals surface area contributed by atoms with E-state index in [-0.39, 0.29) is 17.5 Å². The molecule has 1 fully saturated rings. The van der Waals surface area contributed by atoms with Crippen LogP contribution >= 0.6 is 0 Å². The maximum absolute atomic E-state index is 12.8. The maximum atomic E-state index is 12.8. The summed E-state index contributed by atoms with van der Waals surface area (Å²) in [6.07, 6.45) is -2.03. The first-order valence-corrected chi connectivity index (χ1v) is 8.82. The molecule has 0 aliphatic carbocycles. The number of rotatable bonds is 7. The van der Waals surface area contributed by atoms with E-state index < -0.39 is 22.4 Å². The number of carbonyl (C=O) groups is 1. The first-order valence-electron chi connectivity index (χ1n) is 8.82. The third-order valence-corrected chi connectivity index (χ3v) is 4.64. The molecular weight excluding hydrogens is 365 g/mol. The standard InChI is InChI=1S/C17H23F3N4O3/c18-17(19,20)13-3-4-14(15(11-13)24(26)27)23-9-5-12(6-10-23)16(25)22-8-2-1-7-21/h3-4,11-12H,1-2,5-10,21H2,(H,22,25). The molecule has 0 spiro atoms. The number of benzene rings is 1. The molecule has 0 atom stereocenters. The second-order valence-electron chi connectivity index (χ2n) is 6.51. The molecule has 3 N–H and O–H groups in total. The summed E-state index contributed by atoms with van der Waals surface area (Å²) in [5.74, 6) is -0.263. The highest BCUT2D eigenvalue weighted by Crippen LogP contribution is 2.37. The molecular formula is C17H23F3N4O3. The number of nitro groups is 1. The van der Waals surface area contributed by atoms with Crippen LogP contribution < -0.4 is 16.0 Å². The fraction of sp³-hybridized carbons (Fsp3) is 0.588. The topological polar surface area (TPSA) is 102 Å². The monoisotopic (exact) mass is 388 g/mol. The Kier molecular flexibility index (Phi) is 7.00. The predicted octanol–water partition coefficient (Wildman–Crippen LogP) is 2.69. The van der Waals surface area contributed by atoms with Crippen LogP contribution in [-0.4, -0.2) is 37.0 Å². The van der Waals surface area contributed by atoms with Gasteiger partial charge in [0.05, 0.1) is 10.5 Å². The van der Waals surface area contributed by atoms with Gasteiger partial charge in [-0.25, -0.2) is 0 Å². The Hall–Kier alpha value is -2.36. The SMILES string of the molecule is NCCCCNC(=O)C1CCN(c2ccc(C(F)(F)F)cc2[N+](=O)[O-])CC1. The smallest absolute Gasteiger partial charge is 0.366 e. The van der Waals surface area contributed by atoms with Crippen molar-refractivity contribution in [1.82, 2.24) is 5.32 Å². The zero-order chi connectivity index (χ0) is 20.0. The van der Waals surface area contributed by atoms with E-state index >= 15 is 0 Å². The van der Waals surface area contributed by atoms with Crippen molar-refractivity contribution in [2.24, 2.45) is 11.7 Å². The number of piperidine rings is 1. The quantitative estimate of drug-likeness (QED) is 0.425. The molecule has 1 heterocycles. The van der Waals surface area contributed by atoms with Crippen molar-refractivity contribution < 1.29 is 22.9 Å². The van der Waals surface area contributed by atoms with E-state index in [1.165, 1.54) is 0 Å². The second-order valence-corrected chi connectivity index (χ2v) is 6.51. The summed E-state index contributed by atoms with van der Waals surface area (Å²) < 4.78 is 38.4. The van der Waals surface area contributed by atoms with Gasteiger partial charge in [-0.2, -0.15) is 13.2 Å². The Balaban J connectivity index is 2.01. The summed E-state index contributed by atoms with van der Waals surface area (Å²) in [4.78, 5) is 24.2. The number of nitro benzene ring substituents is 1. The Morgan fingerprint density at radius 1 is 1.30 bits per heavy atom. The van der Waals surface area contributed by atoms with E-state index in [0.717, 1.165) is 25.0 Å². The minimum absolute atomic E-state index is 0.0615. The van der Waals surface area contributed by atoms with Gasteiger partial charge in [-0.1, -0.05) is 0 Å². The van der Waals surface area contributed by atoms with Crippen LogP contribution in [0.1, 0.15) is 31.2 Å². The van der Waals surface area contributed by atoms with E-state index in [4.69, 9.17) is 5.73 Å². The number of carbonyl (C=O) groups excluding carboxylic acids is 1. The summed E-state index contributed by atoms with van der Waals surface area (Å²) >= 11 is 0. The minimum Gasteiger partial charge on any atom is -0.366 e. The average Bonchev–Trinajstić information content (AvgIpc) is 2.64. The lowest BCUT2D eigenvalue weighted by molar-refractivity contribution is -0.384. The summed E-state index contributed by atoms with van der Waals surface area (Å²) in [7, 11) is 0. The number of hydrogen-bond donors (Lipinski definition) is 2. The van der Waals surface area contributed by atoms with Crippen molar-refractivity contribution in [2.75, 3.05) is 31.1 Å². The number of nitrogens with zero attached hydrogens (tertiary/aromatic N) is 2. The van der Waals surface area contributed by atoms with Gasteiger partial charge in [0.2, 0.25) is 5.91 Å². The molecule has 0 bridgehead atoms. The maximum Gasteiger partial charge on any atom is 0.416 e. The van der Waals surface area contributed by atoms with Gasteiger partial charge in [-0.3, -0.25) is 14.9 Å². The van der Waals surface area contributed by atoms with E-state index in [0.29, 0.717) is 45.1 Å². The molecule has 0 radical (unpaired) electrons. The molecule has 1 aliphatic heterocycles. The summed E-state index contributed by atoms with van der Waals surface area (Å²) in [6, 6.07) is 2.54. The summed E-state index contributed by atoms with van der Waals surface area (Å²) in [5.41, 5.74) is 3.92. The first-order chi connectivity index (χ1) is 12.7. The number of hydrogen-bond acceptors (Lipinski definition) is 5. The lowest BCUT2D eigenvalue weighted by Crippen LogP contribution is -2.41. The van der Waals surface area contributed by atoms with Crippen molar-refractivity contribution in [1.29, 1.82) is 0 Å². The third-order valence-electron chi connectivity index (χ3n) is 4.64. The van der Waals surface area contributed by atoms with E-state index in [9.17, 15) is 28.1 Å². The van der Waals surface area contributed by atoms with Crippen molar-refractivity contribution in [2.45, 2.75) is 31.9 Å². The lowest BCUT2D eigenvalue weighted by Gasteiger charge is -2.32. The zero-order valence-electron chi connectivity index (χ0n) is 14.8. The first kappa shape index (κ1) is 20.9. The van der Waals surface area contributed by atoms with Gasteiger partial charge in [0, 0.05) is 31.6 Å². The van der Waals surface area contributed by atoms with Crippen molar-refractivity contribution >= 4 is 17.3 Å². The zero-order valence-corrected chi connectivity index (χ0v) is 14.8. The van der Waals surface area contributed by atoms with Gasteiger partial charge in [-0.05, 0) is 44.4 Å². The van der Waals surface area contributed by atoms with E-state index in [1.54, 1.807) is 4.90 Å². The van der Waals surface area contributed by atoms with Crippen LogP contribution in [-0.2, 0) is 11.0 Å². The number of alkyl halides is 3. The molecule has 7 nitrogen and oxygen atoms in total. The Labute approximate surface area is 154 Å². The number of unbranched alkanes of at least 4 members (excludes halogenated alkanes) is 1. The van der Waals surface area contributed by atoms with Gasteiger partial charge < -0.3 is 16.0 Å². The fourth-order valence-corrected chi connectivity index (χ4v) is 3.12. The molecule has 1 amide bonds. The summed E-state index contributed by atoms with van der Waals surface area (Å²) in [6.45, 7) is 1.86. The molecule has 1 aromatic rings. The molecule has 1 aliphatic rings. The number of nitrogens with two attached hydrogens (primary N) is 1. The van der Waals surface area contributed by atoms with Crippen molar-refractivity contribution in [3.05, 3.63) is 33.9 Å². The highest BCUT2D eigenvalue weighted by Gasteiger charge is 2.34. The second kappa shape index (κ2) is 9.03. The summed E-state index contributed by atoms with van der Waals surface area (Å²) in [5, 5.41) is 14.1. The number of anilines is 1. The average molecular weight is 388 g/mol. The number of nitrogens with one attached hydrogen (secondary N) is 1. The molecule has 2 rings (SSSR count). The minimum atomic E-state index is -4.64. The molecule has 0 unspecified atom stereocenters. The molecule has 1 saturated heterocycles. The van der Waals surface area contributed by atoms with Crippen LogP contribution in [0.5, 0.6) is 0 Å². The van der Waals surface area contributed by atoms with Crippen LogP contribution in [0.2, 0.25) is 0 Å². The Morgan fingerprint density at radius 3 is 2.52 bits per heavy atom. The highest BCUT2D eigenvalue weighted by atomic mass is 19.4. The highest BCUT2D eigenvalue weighted by molar-refractivity contribution is 5.79. The van der Waals surface area contributed by atoms with Crippen LogP contribution in [0.15, 0.2) is 18.2 Å². The van der Waals surface area contributed by atoms with Crippen LogP contribution in [0.3, 0.4) is 0 Å². The molecule has 0 aromatic heterocycles. The Morgan fingerprint density at radius 2 is 1.96 bits per heavy atom. The Bertz CT molecular complexity index is 674. The molecule has 27 heavy (non-hydrogen) atoms. The van der Waals surface area contributed by atoms with Crippen LogP contribution in [0.25, 0.3) is 0 Å².